The molecule has 112 valence electrons. The standard InChI is InChI=1S/C12H16O8/c1-2-10(14)19-7-5-18-6-8-20-11(15)4-3-9(13)12(16)17/h2H,1,3-8H2,(H,16,17). The van der Waals surface area contributed by atoms with Crippen molar-refractivity contribution in [2.24, 2.45) is 0 Å². The number of carbonyl (C=O) groups is 4. The number of carboxylic acids is 1. The Hall–Kier alpha value is -2.22. The molecule has 0 aromatic rings. The van der Waals surface area contributed by atoms with Gasteiger partial charge in [-0.15, -0.1) is 0 Å². The SMILES string of the molecule is C=CC(=O)OCCOCCOC(=O)CCC(=O)C(=O)O. The summed E-state index contributed by atoms with van der Waals surface area (Å²) in [6.07, 6.45) is 0.342. The Labute approximate surface area is 115 Å². The minimum Gasteiger partial charge on any atom is -0.476 e. The molecule has 8 nitrogen and oxygen atoms in total. The highest BCUT2D eigenvalue weighted by Crippen LogP contribution is 1.95. The van der Waals surface area contributed by atoms with Gasteiger partial charge in [0.05, 0.1) is 19.6 Å². The van der Waals surface area contributed by atoms with Gasteiger partial charge in [-0.25, -0.2) is 9.59 Å². The van der Waals surface area contributed by atoms with Crippen LogP contribution in [-0.4, -0.2) is 55.2 Å². The monoisotopic (exact) mass is 288 g/mol. The van der Waals surface area contributed by atoms with Gasteiger partial charge in [-0.1, -0.05) is 6.58 Å². The van der Waals surface area contributed by atoms with Crippen molar-refractivity contribution < 1.29 is 38.5 Å². The Bertz CT molecular complexity index is 374. The summed E-state index contributed by atoms with van der Waals surface area (Å²) in [5.41, 5.74) is 0. The van der Waals surface area contributed by atoms with E-state index in [-0.39, 0.29) is 32.8 Å². The van der Waals surface area contributed by atoms with Crippen molar-refractivity contribution in [3.05, 3.63) is 12.7 Å². The molecular formula is C12H16O8. The van der Waals surface area contributed by atoms with E-state index in [1.54, 1.807) is 0 Å². The summed E-state index contributed by atoms with van der Waals surface area (Å²) in [4.78, 5) is 42.6. The van der Waals surface area contributed by atoms with Crippen LogP contribution in [-0.2, 0) is 33.4 Å². The predicted molar refractivity (Wildman–Crippen MR) is 64.8 cm³/mol. The smallest absolute Gasteiger partial charge is 0.372 e. The van der Waals surface area contributed by atoms with Crippen molar-refractivity contribution in [2.45, 2.75) is 12.8 Å². The zero-order valence-corrected chi connectivity index (χ0v) is 10.8. The molecule has 0 unspecified atom stereocenters. The van der Waals surface area contributed by atoms with Crippen LogP contribution in [0.4, 0.5) is 0 Å². The first-order valence-electron chi connectivity index (χ1n) is 5.76. The molecule has 0 atom stereocenters. The molecule has 0 bridgehead atoms. The van der Waals surface area contributed by atoms with Crippen LogP contribution in [0.5, 0.6) is 0 Å². The number of esters is 2. The van der Waals surface area contributed by atoms with Crippen LogP contribution in [0.3, 0.4) is 0 Å². The van der Waals surface area contributed by atoms with Crippen molar-refractivity contribution in [3.63, 3.8) is 0 Å². The number of aliphatic carboxylic acids is 1. The maximum Gasteiger partial charge on any atom is 0.372 e. The van der Waals surface area contributed by atoms with E-state index in [1.807, 2.05) is 0 Å². The number of hydrogen-bond acceptors (Lipinski definition) is 7. The van der Waals surface area contributed by atoms with Crippen LogP contribution >= 0.6 is 0 Å². The summed E-state index contributed by atoms with van der Waals surface area (Å²) in [7, 11) is 0. The molecule has 0 aliphatic carbocycles. The van der Waals surface area contributed by atoms with Gasteiger partial charge >= 0.3 is 17.9 Å². The number of ether oxygens (including phenoxy) is 3. The van der Waals surface area contributed by atoms with Gasteiger partial charge in [-0.05, 0) is 0 Å². The number of carbonyl (C=O) groups excluding carboxylic acids is 3. The molecule has 1 N–H and O–H groups in total. The average Bonchev–Trinajstić information content (AvgIpc) is 2.42. The molecule has 0 rings (SSSR count). The van der Waals surface area contributed by atoms with E-state index in [4.69, 9.17) is 9.84 Å². The molecule has 0 aliphatic rings. The molecule has 0 spiro atoms. The first-order valence-corrected chi connectivity index (χ1v) is 5.76. The number of carboxylic acid groups (broad SMARTS) is 1. The van der Waals surface area contributed by atoms with E-state index in [2.05, 4.69) is 16.1 Å². The largest absolute Gasteiger partial charge is 0.476 e. The van der Waals surface area contributed by atoms with Crippen LogP contribution in [0, 0.1) is 0 Å². The first-order chi connectivity index (χ1) is 9.47. The highest BCUT2D eigenvalue weighted by atomic mass is 16.6. The lowest BCUT2D eigenvalue weighted by Gasteiger charge is -2.06. The third-order valence-corrected chi connectivity index (χ3v) is 1.92. The number of rotatable bonds is 11. The van der Waals surface area contributed by atoms with Gasteiger partial charge in [0.25, 0.3) is 0 Å². The lowest BCUT2D eigenvalue weighted by atomic mass is 10.2. The van der Waals surface area contributed by atoms with Gasteiger partial charge in [-0.2, -0.15) is 0 Å². The first kappa shape index (κ1) is 17.8. The Morgan fingerprint density at radius 2 is 1.55 bits per heavy atom. The number of Topliss-reactive ketones (excluding diaryl/α,β-unsaturated/α-hetero) is 1. The fourth-order valence-electron chi connectivity index (χ4n) is 0.971. The zero-order chi connectivity index (χ0) is 15.4. The molecule has 8 heteroatoms. The lowest BCUT2D eigenvalue weighted by Crippen LogP contribution is -2.17. The minimum absolute atomic E-state index is 0.0322. The van der Waals surface area contributed by atoms with E-state index in [0.717, 1.165) is 6.08 Å². The Morgan fingerprint density at radius 1 is 0.950 bits per heavy atom. The molecule has 0 saturated carbocycles. The highest BCUT2D eigenvalue weighted by Gasteiger charge is 2.13. The second-order valence-corrected chi connectivity index (χ2v) is 3.43. The Morgan fingerprint density at radius 3 is 2.10 bits per heavy atom. The maximum atomic E-state index is 11.1. The van der Waals surface area contributed by atoms with Crippen LogP contribution in [0.1, 0.15) is 12.8 Å². The molecule has 0 saturated heterocycles. The summed E-state index contributed by atoms with van der Waals surface area (Å²) < 4.78 is 14.3. The van der Waals surface area contributed by atoms with E-state index in [1.165, 1.54) is 0 Å². The fraction of sp³-hybridized carbons (Fsp3) is 0.500. The molecule has 0 radical (unpaired) electrons. The number of hydrogen-bond donors (Lipinski definition) is 1. The van der Waals surface area contributed by atoms with E-state index in [0.29, 0.717) is 0 Å². The van der Waals surface area contributed by atoms with Gasteiger partial charge in [0.1, 0.15) is 13.2 Å². The van der Waals surface area contributed by atoms with Crippen molar-refractivity contribution in [1.29, 1.82) is 0 Å². The van der Waals surface area contributed by atoms with Gasteiger partial charge in [0.15, 0.2) is 0 Å². The topological polar surface area (TPSA) is 116 Å². The fourth-order valence-corrected chi connectivity index (χ4v) is 0.971. The van der Waals surface area contributed by atoms with Crippen molar-refractivity contribution in [2.75, 3.05) is 26.4 Å². The van der Waals surface area contributed by atoms with Crippen molar-refractivity contribution in [1.82, 2.24) is 0 Å². The third-order valence-electron chi connectivity index (χ3n) is 1.92. The quantitative estimate of drug-likeness (QED) is 0.238. The van der Waals surface area contributed by atoms with Crippen LogP contribution in [0.15, 0.2) is 12.7 Å². The van der Waals surface area contributed by atoms with Crippen molar-refractivity contribution in [3.8, 4) is 0 Å². The highest BCUT2D eigenvalue weighted by molar-refractivity contribution is 6.32. The molecule has 0 aliphatic heterocycles. The van der Waals surface area contributed by atoms with Gasteiger partial charge in [-0.3, -0.25) is 9.59 Å². The lowest BCUT2D eigenvalue weighted by molar-refractivity contribution is -0.151. The predicted octanol–water partition coefficient (Wildman–Crippen LogP) is -0.291. The van der Waals surface area contributed by atoms with E-state index >= 15 is 0 Å². The molecule has 0 heterocycles. The molecule has 0 aromatic heterocycles. The van der Waals surface area contributed by atoms with Gasteiger partial charge < -0.3 is 19.3 Å². The average molecular weight is 288 g/mol. The van der Waals surface area contributed by atoms with Gasteiger partial charge in [0, 0.05) is 12.5 Å². The Balaban J connectivity index is 3.44. The van der Waals surface area contributed by atoms with E-state index < -0.39 is 30.1 Å². The van der Waals surface area contributed by atoms with Crippen LogP contribution < -0.4 is 0 Å². The third kappa shape index (κ3) is 9.77. The van der Waals surface area contributed by atoms with Crippen LogP contribution in [0.25, 0.3) is 0 Å². The molecule has 20 heavy (non-hydrogen) atoms. The molecule has 0 fully saturated rings. The summed E-state index contributed by atoms with van der Waals surface area (Å²) >= 11 is 0. The maximum absolute atomic E-state index is 11.1. The normalized spacial score (nSPS) is 9.60. The minimum atomic E-state index is -1.57. The second kappa shape index (κ2) is 10.7. The number of ketones is 1. The Kier molecular flexibility index (Phi) is 9.49. The summed E-state index contributed by atoms with van der Waals surface area (Å²) in [5, 5.41) is 8.28. The van der Waals surface area contributed by atoms with Crippen LogP contribution in [0.2, 0.25) is 0 Å². The van der Waals surface area contributed by atoms with Crippen molar-refractivity contribution >= 4 is 23.7 Å². The summed E-state index contributed by atoms with van der Waals surface area (Å²) in [6, 6.07) is 0. The zero-order valence-electron chi connectivity index (χ0n) is 10.8. The van der Waals surface area contributed by atoms with E-state index in [9.17, 15) is 19.2 Å². The second-order valence-electron chi connectivity index (χ2n) is 3.43. The summed E-state index contributed by atoms with van der Waals surface area (Å²) in [6.45, 7) is 3.49. The molecule has 0 amide bonds. The molecular weight excluding hydrogens is 272 g/mol. The molecule has 0 aromatic carbocycles. The van der Waals surface area contributed by atoms with Gasteiger partial charge in [0.2, 0.25) is 5.78 Å². The summed E-state index contributed by atoms with van der Waals surface area (Å²) in [5.74, 6) is -3.85.